The summed E-state index contributed by atoms with van der Waals surface area (Å²) in [5.74, 6) is 0. The highest BCUT2D eigenvalue weighted by atomic mass is 16.1. The molecule has 0 bridgehead atoms. The number of pyridine rings is 1. The predicted octanol–water partition coefficient (Wildman–Crippen LogP) is 4.13. The first-order chi connectivity index (χ1) is 9.81. The number of hydrogen-bond acceptors (Lipinski definition) is 1. The molecule has 0 amide bonds. The number of rotatable bonds is 3. The van der Waals surface area contributed by atoms with E-state index in [1.807, 2.05) is 30.3 Å². The lowest BCUT2D eigenvalue weighted by atomic mass is 10.1. The van der Waals surface area contributed by atoms with Gasteiger partial charge in [0.05, 0.1) is 5.69 Å². The van der Waals surface area contributed by atoms with Gasteiger partial charge < -0.3 is 4.40 Å². The van der Waals surface area contributed by atoms with Gasteiger partial charge in [-0.3, -0.25) is 4.79 Å². The van der Waals surface area contributed by atoms with Crippen molar-refractivity contribution >= 4 is 17.9 Å². The minimum Gasteiger partial charge on any atom is -0.314 e. The molecular weight excluding hydrogens is 246 g/mol. The average Bonchev–Trinajstić information content (AvgIpc) is 2.86. The summed E-state index contributed by atoms with van der Waals surface area (Å²) in [6, 6.07) is 18.6. The van der Waals surface area contributed by atoms with Crippen molar-refractivity contribution in [2.75, 3.05) is 0 Å². The number of allylic oxidation sites excluding steroid dienone is 1. The Kier molecular flexibility index (Phi) is 3.21. The van der Waals surface area contributed by atoms with Crippen LogP contribution in [0.4, 0.5) is 0 Å². The Hall–Kier alpha value is -2.61. The van der Waals surface area contributed by atoms with Crippen LogP contribution in [0.3, 0.4) is 0 Å². The lowest BCUT2D eigenvalue weighted by molar-refractivity contribution is -0.104. The number of hydrogen-bond donors (Lipinski definition) is 0. The number of carbonyl (C=O) groups is 1. The molecule has 2 heteroatoms. The van der Waals surface area contributed by atoms with E-state index in [0.717, 1.165) is 34.3 Å². The van der Waals surface area contributed by atoms with Gasteiger partial charge in [-0.05, 0) is 42.8 Å². The molecule has 0 spiro atoms. The second-order valence-electron chi connectivity index (χ2n) is 4.73. The molecule has 2 aromatic heterocycles. The molecule has 98 valence electrons. The topological polar surface area (TPSA) is 21.5 Å². The lowest BCUT2D eigenvalue weighted by Gasteiger charge is -2.05. The van der Waals surface area contributed by atoms with Gasteiger partial charge in [-0.15, -0.1) is 0 Å². The second kappa shape index (κ2) is 5.17. The first kappa shape index (κ1) is 12.4. The van der Waals surface area contributed by atoms with Crippen LogP contribution in [0.1, 0.15) is 11.4 Å². The molecule has 0 radical (unpaired) electrons. The van der Waals surface area contributed by atoms with E-state index < -0.39 is 0 Å². The maximum atomic E-state index is 10.7. The number of benzene rings is 1. The van der Waals surface area contributed by atoms with Crippen LogP contribution in [0.15, 0.2) is 60.7 Å². The lowest BCUT2D eigenvalue weighted by Crippen LogP contribution is -1.93. The van der Waals surface area contributed by atoms with Crippen LogP contribution in [0.5, 0.6) is 0 Å². The maximum Gasteiger partial charge on any atom is 0.142 e. The van der Waals surface area contributed by atoms with Crippen LogP contribution in [0.2, 0.25) is 0 Å². The van der Waals surface area contributed by atoms with E-state index in [1.54, 1.807) is 6.08 Å². The molecule has 0 saturated carbocycles. The number of carbonyl (C=O) groups excluding carboxylic acids is 1. The van der Waals surface area contributed by atoms with Crippen LogP contribution < -0.4 is 0 Å². The highest BCUT2D eigenvalue weighted by Gasteiger charge is 2.10. The van der Waals surface area contributed by atoms with Gasteiger partial charge >= 0.3 is 0 Å². The smallest absolute Gasteiger partial charge is 0.142 e. The Bertz CT molecular complexity index is 782. The summed E-state index contributed by atoms with van der Waals surface area (Å²) in [6.45, 7) is 2.07. The van der Waals surface area contributed by atoms with Crippen molar-refractivity contribution in [3.05, 3.63) is 72.1 Å². The number of aromatic nitrogens is 1. The molecule has 3 aromatic rings. The van der Waals surface area contributed by atoms with E-state index in [9.17, 15) is 4.79 Å². The number of aldehydes is 1. The van der Waals surface area contributed by atoms with Crippen LogP contribution in [0.25, 0.3) is 22.7 Å². The molecule has 2 nitrogen and oxygen atoms in total. The van der Waals surface area contributed by atoms with E-state index in [-0.39, 0.29) is 0 Å². The van der Waals surface area contributed by atoms with Gasteiger partial charge in [-0.2, -0.15) is 0 Å². The first-order valence-electron chi connectivity index (χ1n) is 6.59. The summed E-state index contributed by atoms with van der Waals surface area (Å²) in [4.78, 5) is 10.7. The van der Waals surface area contributed by atoms with Crippen molar-refractivity contribution < 1.29 is 4.79 Å². The zero-order valence-electron chi connectivity index (χ0n) is 11.3. The zero-order chi connectivity index (χ0) is 13.9. The Labute approximate surface area is 118 Å². The van der Waals surface area contributed by atoms with Crippen molar-refractivity contribution in [2.45, 2.75) is 6.92 Å². The summed E-state index contributed by atoms with van der Waals surface area (Å²) in [5.41, 5.74) is 5.61. The van der Waals surface area contributed by atoms with Crippen molar-refractivity contribution in [3.8, 4) is 11.1 Å². The standard InChI is InChI=1S/C18H15NO/c1-14-7-5-10-16-13-17(15-8-3-2-4-9-15)18(19(14)16)11-6-12-20/h2-13H,1H3/b11-6-. The van der Waals surface area contributed by atoms with Crippen LogP contribution >= 0.6 is 0 Å². The molecule has 0 unspecified atom stereocenters. The molecule has 0 fully saturated rings. The first-order valence-corrected chi connectivity index (χ1v) is 6.59. The zero-order valence-corrected chi connectivity index (χ0v) is 11.3. The largest absolute Gasteiger partial charge is 0.314 e. The molecule has 0 aliphatic rings. The number of fused-ring (bicyclic) bond motifs is 1. The van der Waals surface area contributed by atoms with Crippen LogP contribution in [0, 0.1) is 6.92 Å². The summed E-state index contributed by atoms with van der Waals surface area (Å²) in [5, 5.41) is 0. The third kappa shape index (κ3) is 2.05. The van der Waals surface area contributed by atoms with Gasteiger partial charge in [0.2, 0.25) is 0 Å². The average molecular weight is 261 g/mol. The van der Waals surface area contributed by atoms with Gasteiger partial charge in [0.15, 0.2) is 0 Å². The second-order valence-corrected chi connectivity index (χ2v) is 4.73. The van der Waals surface area contributed by atoms with Crippen molar-refractivity contribution in [2.24, 2.45) is 0 Å². The highest BCUT2D eigenvalue weighted by molar-refractivity contribution is 5.84. The normalized spacial score (nSPS) is 11.2. The van der Waals surface area contributed by atoms with Gasteiger partial charge in [-0.1, -0.05) is 36.4 Å². The molecule has 0 N–H and O–H groups in total. The SMILES string of the molecule is Cc1cccc2cc(-c3ccccc3)c(/C=C\C=O)n12. The summed E-state index contributed by atoms with van der Waals surface area (Å²) < 4.78 is 2.17. The summed E-state index contributed by atoms with van der Waals surface area (Å²) >= 11 is 0. The fourth-order valence-corrected chi connectivity index (χ4v) is 2.57. The van der Waals surface area contributed by atoms with Gasteiger partial charge in [0.25, 0.3) is 0 Å². The molecule has 0 aliphatic heterocycles. The fourth-order valence-electron chi connectivity index (χ4n) is 2.57. The van der Waals surface area contributed by atoms with Gasteiger partial charge in [0.1, 0.15) is 6.29 Å². The van der Waals surface area contributed by atoms with Crippen LogP contribution in [-0.2, 0) is 4.79 Å². The third-order valence-corrected chi connectivity index (χ3v) is 3.44. The van der Waals surface area contributed by atoms with E-state index >= 15 is 0 Å². The molecule has 0 saturated heterocycles. The molecule has 2 heterocycles. The van der Waals surface area contributed by atoms with Gasteiger partial charge in [0, 0.05) is 16.8 Å². The van der Waals surface area contributed by atoms with Crippen molar-refractivity contribution in [1.82, 2.24) is 4.40 Å². The molecule has 0 aliphatic carbocycles. The monoisotopic (exact) mass is 261 g/mol. The Morgan fingerprint density at radius 2 is 1.80 bits per heavy atom. The Balaban J connectivity index is 2.34. The van der Waals surface area contributed by atoms with E-state index in [2.05, 4.69) is 41.7 Å². The summed E-state index contributed by atoms with van der Waals surface area (Å²) in [7, 11) is 0. The third-order valence-electron chi connectivity index (χ3n) is 3.44. The molecule has 0 atom stereocenters. The van der Waals surface area contributed by atoms with Crippen molar-refractivity contribution in [3.63, 3.8) is 0 Å². The van der Waals surface area contributed by atoms with E-state index in [4.69, 9.17) is 0 Å². The number of aryl methyl sites for hydroxylation is 1. The van der Waals surface area contributed by atoms with Crippen molar-refractivity contribution in [1.29, 1.82) is 0 Å². The Morgan fingerprint density at radius 3 is 2.55 bits per heavy atom. The van der Waals surface area contributed by atoms with E-state index in [0.29, 0.717) is 0 Å². The molecule has 20 heavy (non-hydrogen) atoms. The molecule has 1 aromatic carbocycles. The Morgan fingerprint density at radius 1 is 1.00 bits per heavy atom. The predicted molar refractivity (Wildman–Crippen MR) is 82.7 cm³/mol. The molecular formula is C18H15NO. The number of nitrogens with zero attached hydrogens (tertiary/aromatic N) is 1. The minimum absolute atomic E-state index is 0.812. The highest BCUT2D eigenvalue weighted by Crippen LogP contribution is 2.29. The quantitative estimate of drug-likeness (QED) is 0.513. The van der Waals surface area contributed by atoms with Gasteiger partial charge in [-0.25, -0.2) is 0 Å². The summed E-state index contributed by atoms with van der Waals surface area (Å²) in [6.07, 6.45) is 4.22. The van der Waals surface area contributed by atoms with E-state index in [1.165, 1.54) is 0 Å². The molecule has 3 rings (SSSR count). The fraction of sp³-hybridized carbons (Fsp3) is 0.0556. The maximum absolute atomic E-state index is 10.7. The minimum atomic E-state index is 0.812. The van der Waals surface area contributed by atoms with Crippen LogP contribution in [-0.4, -0.2) is 10.7 Å².